The molecular weight excluding hydrogens is 250 g/mol. The SMILES string of the molecule is CCCSCC(=O)N1CCCCC1CCC(=O)O. The zero-order valence-corrected chi connectivity index (χ0v) is 11.9. The highest BCUT2D eigenvalue weighted by Gasteiger charge is 2.26. The van der Waals surface area contributed by atoms with E-state index in [9.17, 15) is 9.59 Å². The number of hydrogen-bond donors (Lipinski definition) is 1. The van der Waals surface area contributed by atoms with Gasteiger partial charge in [0.1, 0.15) is 0 Å². The molecule has 0 spiro atoms. The van der Waals surface area contributed by atoms with Crippen LogP contribution in [0, 0.1) is 0 Å². The second-order valence-electron chi connectivity index (χ2n) is 4.72. The summed E-state index contributed by atoms with van der Waals surface area (Å²) in [5.74, 6) is 0.966. The number of carboxylic acid groups (broad SMARTS) is 1. The molecule has 4 nitrogen and oxygen atoms in total. The molecule has 0 aliphatic carbocycles. The van der Waals surface area contributed by atoms with E-state index in [2.05, 4.69) is 6.92 Å². The fourth-order valence-corrected chi connectivity index (χ4v) is 3.08. The van der Waals surface area contributed by atoms with Crippen LogP contribution in [0.5, 0.6) is 0 Å². The lowest BCUT2D eigenvalue weighted by Crippen LogP contribution is -2.44. The van der Waals surface area contributed by atoms with Crippen LogP contribution >= 0.6 is 11.8 Å². The Morgan fingerprint density at radius 3 is 2.83 bits per heavy atom. The number of carbonyl (C=O) groups is 2. The van der Waals surface area contributed by atoms with Gasteiger partial charge < -0.3 is 10.0 Å². The molecule has 0 radical (unpaired) electrons. The summed E-state index contributed by atoms with van der Waals surface area (Å²) in [7, 11) is 0. The molecule has 104 valence electrons. The molecule has 0 aromatic heterocycles. The van der Waals surface area contributed by atoms with E-state index in [0.717, 1.165) is 38.0 Å². The van der Waals surface area contributed by atoms with Gasteiger partial charge in [-0.15, -0.1) is 0 Å². The van der Waals surface area contributed by atoms with Crippen LogP contribution in [0.15, 0.2) is 0 Å². The quantitative estimate of drug-likeness (QED) is 0.724. The van der Waals surface area contributed by atoms with Crippen LogP contribution in [0.1, 0.15) is 45.4 Å². The molecule has 1 rings (SSSR count). The van der Waals surface area contributed by atoms with Gasteiger partial charge in [0, 0.05) is 19.0 Å². The molecule has 0 bridgehead atoms. The van der Waals surface area contributed by atoms with Gasteiger partial charge in [-0.2, -0.15) is 11.8 Å². The van der Waals surface area contributed by atoms with Crippen LogP contribution in [0.2, 0.25) is 0 Å². The van der Waals surface area contributed by atoms with Crippen molar-refractivity contribution in [3.8, 4) is 0 Å². The Bertz CT molecular complexity index is 283. The molecule has 1 heterocycles. The van der Waals surface area contributed by atoms with Crippen molar-refractivity contribution in [2.45, 2.75) is 51.5 Å². The number of amides is 1. The molecule has 5 heteroatoms. The van der Waals surface area contributed by atoms with Crippen LogP contribution in [-0.4, -0.2) is 46.0 Å². The van der Waals surface area contributed by atoms with Gasteiger partial charge in [0.2, 0.25) is 5.91 Å². The van der Waals surface area contributed by atoms with Crippen LogP contribution in [0.3, 0.4) is 0 Å². The van der Waals surface area contributed by atoms with Gasteiger partial charge in [0.05, 0.1) is 5.75 Å². The first-order valence-corrected chi connectivity index (χ1v) is 7.89. The minimum atomic E-state index is -0.770. The van der Waals surface area contributed by atoms with Gasteiger partial charge >= 0.3 is 5.97 Å². The van der Waals surface area contributed by atoms with E-state index in [1.54, 1.807) is 11.8 Å². The molecule has 0 saturated carbocycles. The molecule has 1 saturated heterocycles. The summed E-state index contributed by atoms with van der Waals surface area (Å²) in [4.78, 5) is 24.6. The van der Waals surface area contributed by atoms with E-state index >= 15 is 0 Å². The monoisotopic (exact) mass is 273 g/mol. The molecular formula is C13H23NO3S. The second kappa shape index (κ2) is 8.40. The molecule has 18 heavy (non-hydrogen) atoms. The Balaban J connectivity index is 2.42. The van der Waals surface area contributed by atoms with Crippen molar-refractivity contribution in [3.05, 3.63) is 0 Å². The van der Waals surface area contributed by atoms with E-state index in [1.807, 2.05) is 4.90 Å². The predicted octanol–water partition coefficient (Wildman–Crippen LogP) is 2.38. The molecule has 1 atom stereocenters. The smallest absolute Gasteiger partial charge is 0.303 e. The molecule has 0 aromatic carbocycles. The van der Waals surface area contributed by atoms with Crippen LogP contribution in [0.25, 0.3) is 0 Å². The minimum Gasteiger partial charge on any atom is -0.481 e. The number of thioether (sulfide) groups is 1. The molecule has 1 unspecified atom stereocenters. The van der Waals surface area contributed by atoms with Crippen molar-refractivity contribution < 1.29 is 14.7 Å². The molecule has 0 aromatic rings. The van der Waals surface area contributed by atoms with Gasteiger partial charge in [0.25, 0.3) is 0 Å². The van der Waals surface area contributed by atoms with E-state index in [4.69, 9.17) is 5.11 Å². The fraction of sp³-hybridized carbons (Fsp3) is 0.846. The average molecular weight is 273 g/mol. The predicted molar refractivity (Wildman–Crippen MR) is 73.8 cm³/mol. The number of aliphatic carboxylic acids is 1. The van der Waals surface area contributed by atoms with E-state index < -0.39 is 5.97 Å². The van der Waals surface area contributed by atoms with Gasteiger partial charge in [-0.25, -0.2) is 0 Å². The summed E-state index contributed by atoms with van der Waals surface area (Å²) in [5, 5.41) is 8.73. The molecule has 1 N–H and O–H groups in total. The lowest BCUT2D eigenvalue weighted by molar-refractivity contribution is -0.139. The fourth-order valence-electron chi connectivity index (χ4n) is 2.31. The van der Waals surface area contributed by atoms with Crippen molar-refractivity contribution in [1.82, 2.24) is 4.90 Å². The highest BCUT2D eigenvalue weighted by Crippen LogP contribution is 2.22. The topological polar surface area (TPSA) is 57.6 Å². The number of rotatable bonds is 7. The van der Waals surface area contributed by atoms with Gasteiger partial charge in [-0.1, -0.05) is 6.92 Å². The van der Waals surface area contributed by atoms with Gasteiger partial charge in [0.15, 0.2) is 0 Å². The molecule has 1 amide bonds. The van der Waals surface area contributed by atoms with Crippen molar-refractivity contribution in [2.24, 2.45) is 0 Å². The minimum absolute atomic E-state index is 0.143. The number of carbonyl (C=O) groups excluding carboxylic acids is 1. The van der Waals surface area contributed by atoms with Crippen molar-refractivity contribution in [1.29, 1.82) is 0 Å². The number of piperidine rings is 1. The van der Waals surface area contributed by atoms with Crippen molar-refractivity contribution in [3.63, 3.8) is 0 Å². The Morgan fingerprint density at radius 2 is 2.17 bits per heavy atom. The lowest BCUT2D eigenvalue weighted by Gasteiger charge is -2.35. The van der Waals surface area contributed by atoms with E-state index in [0.29, 0.717) is 12.2 Å². The average Bonchev–Trinajstić information content (AvgIpc) is 2.37. The summed E-state index contributed by atoms with van der Waals surface area (Å²) in [5.41, 5.74) is 0. The summed E-state index contributed by atoms with van der Waals surface area (Å²) in [6, 6.07) is 0.143. The van der Waals surface area contributed by atoms with Gasteiger partial charge in [-0.3, -0.25) is 9.59 Å². The second-order valence-corrected chi connectivity index (χ2v) is 5.83. The normalized spacial score (nSPS) is 19.8. The molecule has 1 aliphatic rings. The van der Waals surface area contributed by atoms with Crippen molar-refractivity contribution in [2.75, 3.05) is 18.1 Å². The Kier molecular flexibility index (Phi) is 7.16. The summed E-state index contributed by atoms with van der Waals surface area (Å²) in [6.07, 6.45) is 4.96. The number of nitrogens with zero attached hydrogens (tertiary/aromatic N) is 1. The lowest BCUT2D eigenvalue weighted by atomic mass is 9.98. The maximum atomic E-state index is 12.1. The Morgan fingerprint density at radius 1 is 1.39 bits per heavy atom. The van der Waals surface area contributed by atoms with Crippen molar-refractivity contribution >= 4 is 23.6 Å². The van der Waals surface area contributed by atoms with Crippen LogP contribution in [-0.2, 0) is 9.59 Å². The maximum absolute atomic E-state index is 12.1. The summed E-state index contributed by atoms with van der Waals surface area (Å²) < 4.78 is 0. The van der Waals surface area contributed by atoms with Gasteiger partial charge in [-0.05, 0) is 37.9 Å². The summed E-state index contributed by atoms with van der Waals surface area (Å²) in [6.45, 7) is 2.91. The van der Waals surface area contributed by atoms with Crippen LogP contribution < -0.4 is 0 Å². The Labute approximate surface area is 113 Å². The third-order valence-corrected chi connectivity index (χ3v) is 4.36. The zero-order valence-electron chi connectivity index (χ0n) is 11.1. The van der Waals surface area contributed by atoms with Crippen LogP contribution in [0.4, 0.5) is 0 Å². The highest BCUT2D eigenvalue weighted by atomic mass is 32.2. The van der Waals surface area contributed by atoms with E-state index in [1.165, 1.54) is 0 Å². The standard InChI is InChI=1S/C13H23NO3S/c1-2-9-18-10-12(15)14-8-4-3-5-11(14)6-7-13(16)17/h11H,2-10H2,1H3,(H,16,17). The first kappa shape index (κ1) is 15.3. The largest absolute Gasteiger partial charge is 0.481 e. The third-order valence-electron chi connectivity index (χ3n) is 3.21. The zero-order chi connectivity index (χ0) is 13.4. The highest BCUT2D eigenvalue weighted by molar-refractivity contribution is 7.99. The first-order chi connectivity index (χ1) is 8.65. The first-order valence-electron chi connectivity index (χ1n) is 6.74. The third kappa shape index (κ3) is 5.29. The maximum Gasteiger partial charge on any atom is 0.303 e. The molecule has 1 fully saturated rings. The number of carboxylic acids is 1. The Hall–Kier alpha value is -0.710. The number of hydrogen-bond acceptors (Lipinski definition) is 3. The van der Waals surface area contributed by atoms with E-state index in [-0.39, 0.29) is 18.4 Å². The number of likely N-dealkylation sites (tertiary alicyclic amines) is 1. The summed E-state index contributed by atoms with van der Waals surface area (Å²) >= 11 is 1.67. The molecule has 1 aliphatic heterocycles.